The number of aryl methyl sites for hydroxylation is 1. The maximum absolute atomic E-state index is 12.1. The molecular formula is C32H34N2O5. The zero-order valence-electron chi connectivity index (χ0n) is 22.3. The summed E-state index contributed by atoms with van der Waals surface area (Å²) in [6, 6.07) is 29.6. The molecule has 1 fully saturated rings. The molecule has 1 aliphatic rings. The molecule has 3 aromatic carbocycles. The van der Waals surface area contributed by atoms with Gasteiger partial charge in [-0.15, -0.1) is 0 Å². The Labute approximate surface area is 229 Å². The average molecular weight is 527 g/mol. The van der Waals surface area contributed by atoms with Crippen LogP contribution in [0.4, 0.5) is 0 Å². The molecule has 0 spiro atoms. The summed E-state index contributed by atoms with van der Waals surface area (Å²) in [6.45, 7) is 4.80. The Morgan fingerprint density at radius 2 is 1.33 bits per heavy atom. The molecule has 0 radical (unpaired) electrons. The van der Waals surface area contributed by atoms with Crippen molar-refractivity contribution >= 4 is 0 Å². The van der Waals surface area contributed by atoms with Gasteiger partial charge in [-0.1, -0.05) is 97.9 Å². The molecule has 2 heterocycles. The third-order valence-electron chi connectivity index (χ3n) is 6.84. The van der Waals surface area contributed by atoms with Crippen LogP contribution in [-0.4, -0.2) is 33.4 Å². The zero-order valence-corrected chi connectivity index (χ0v) is 22.3. The van der Waals surface area contributed by atoms with Gasteiger partial charge in [0.25, 0.3) is 0 Å². The van der Waals surface area contributed by atoms with Crippen LogP contribution in [0, 0.1) is 6.92 Å². The van der Waals surface area contributed by atoms with E-state index < -0.39 is 24.1 Å². The minimum absolute atomic E-state index is 0.281. The third kappa shape index (κ3) is 6.34. The van der Waals surface area contributed by atoms with Crippen LogP contribution in [0.1, 0.15) is 41.4 Å². The van der Waals surface area contributed by atoms with Gasteiger partial charge in [0, 0.05) is 0 Å². The predicted molar refractivity (Wildman–Crippen MR) is 147 cm³/mol. The maximum atomic E-state index is 12.1. The Morgan fingerprint density at radius 1 is 0.795 bits per heavy atom. The van der Waals surface area contributed by atoms with Crippen LogP contribution in [0.2, 0.25) is 0 Å². The maximum Gasteiger partial charge on any atom is 0.242 e. The van der Waals surface area contributed by atoms with Crippen LogP contribution < -0.4 is 4.74 Å². The fourth-order valence-electron chi connectivity index (χ4n) is 4.83. The summed E-state index contributed by atoms with van der Waals surface area (Å²) in [6.07, 6.45) is 0.363. The summed E-state index contributed by atoms with van der Waals surface area (Å²) in [7, 11) is 0. The van der Waals surface area contributed by atoms with Crippen LogP contribution in [0.25, 0.3) is 0 Å². The standard InChI is InChI=1S/C32H34N2O5/c1-3-27-29(37-21-25-15-9-5-10-16-25)31(38-22-26-17-11-6-12-18-26)32(35,39-27)30-23(2)34-28(19-33-30)36-20-24-13-7-4-8-14-24/h4-19,27,29,31,35H,3,20-22H2,1-2H3/t27-,29?,31+,32+/m1/s1. The van der Waals surface area contributed by atoms with Gasteiger partial charge in [-0.2, -0.15) is 0 Å². The molecule has 4 aromatic rings. The minimum Gasteiger partial charge on any atom is -0.472 e. The Kier molecular flexibility index (Phi) is 8.64. The highest BCUT2D eigenvalue weighted by Crippen LogP contribution is 2.43. The second kappa shape index (κ2) is 12.5. The molecule has 1 saturated heterocycles. The van der Waals surface area contributed by atoms with Gasteiger partial charge in [0.1, 0.15) is 24.5 Å². The summed E-state index contributed by atoms with van der Waals surface area (Å²) in [5, 5.41) is 12.1. The number of benzene rings is 3. The van der Waals surface area contributed by atoms with E-state index in [-0.39, 0.29) is 12.3 Å². The number of nitrogens with zero attached hydrogens (tertiary/aromatic N) is 2. The smallest absolute Gasteiger partial charge is 0.242 e. The summed E-state index contributed by atoms with van der Waals surface area (Å²) >= 11 is 0. The van der Waals surface area contributed by atoms with E-state index in [1.807, 2.05) is 97.9 Å². The number of hydrogen-bond acceptors (Lipinski definition) is 7. The number of aromatic nitrogens is 2. The molecule has 0 amide bonds. The van der Waals surface area contributed by atoms with Crippen molar-refractivity contribution in [3.05, 3.63) is 125 Å². The van der Waals surface area contributed by atoms with Crippen LogP contribution >= 0.6 is 0 Å². The Bertz CT molecular complexity index is 1320. The van der Waals surface area contributed by atoms with E-state index in [1.165, 1.54) is 6.20 Å². The molecule has 1 aromatic heterocycles. The Morgan fingerprint density at radius 3 is 1.87 bits per heavy atom. The lowest BCUT2D eigenvalue weighted by Gasteiger charge is -2.30. The highest BCUT2D eigenvalue weighted by molar-refractivity contribution is 5.25. The van der Waals surface area contributed by atoms with Gasteiger partial charge in [0.05, 0.1) is 31.2 Å². The first-order valence-corrected chi connectivity index (χ1v) is 13.3. The molecule has 7 heteroatoms. The van der Waals surface area contributed by atoms with Gasteiger partial charge >= 0.3 is 0 Å². The number of hydrogen-bond donors (Lipinski definition) is 1. The molecule has 5 rings (SSSR count). The highest BCUT2D eigenvalue weighted by Gasteiger charge is 2.58. The van der Waals surface area contributed by atoms with Crippen molar-refractivity contribution in [2.45, 2.75) is 64.2 Å². The van der Waals surface area contributed by atoms with Crippen LogP contribution in [0.15, 0.2) is 97.2 Å². The number of ether oxygens (including phenoxy) is 4. The molecule has 4 atom stereocenters. The van der Waals surface area contributed by atoms with Gasteiger partial charge in [-0.25, -0.2) is 9.97 Å². The Hall–Kier alpha value is -3.62. The lowest BCUT2D eigenvalue weighted by atomic mass is 9.99. The summed E-state index contributed by atoms with van der Waals surface area (Å²) in [5.41, 5.74) is 3.82. The highest BCUT2D eigenvalue weighted by atomic mass is 16.7. The van der Waals surface area contributed by atoms with Crippen LogP contribution in [-0.2, 0) is 39.8 Å². The summed E-state index contributed by atoms with van der Waals surface area (Å²) in [4.78, 5) is 9.15. The van der Waals surface area contributed by atoms with Gasteiger partial charge < -0.3 is 24.1 Å². The first-order chi connectivity index (χ1) is 19.1. The van der Waals surface area contributed by atoms with E-state index in [1.54, 1.807) is 6.92 Å². The van der Waals surface area contributed by atoms with Crippen molar-refractivity contribution in [3.63, 3.8) is 0 Å². The molecular weight excluding hydrogens is 492 g/mol. The normalized spacial score (nSPS) is 22.6. The molecule has 202 valence electrons. The molecule has 1 unspecified atom stereocenters. The van der Waals surface area contributed by atoms with Crippen LogP contribution in [0.5, 0.6) is 5.88 Å². The van der Waals surface area contributed by atoms with Crippen molar-refractivity contribution in [2.75, 3.05) is 0 Å². The SMILES string of the molecule is CC[C@H]1O[C@@](O)(c2ncc(OCc3ccccc3)nc2C)[C@@H](OCc2ccccc2)C1OCc1ccccc1. The van der Waals surface area contributed by atoms with Gasteiger partial charge in [-0.05, 0) is 30.0 Å². The molecule has 7 nitrogen and oxygen atoms in total. The van der Waals surface area contributed by atoms with Gasteiger partial charge in [-0.3, -0.25) is 0 Å². The molecule has 39 heavy (non-hydrogen) atoms. The number of aliphatic hydroxyl groups is 1. The average Bonchev–Trinajstić information content (AvgIpc) is 3.26. The van der Waals surface area contributed by atoms with Gasteiger partial charge in [0.15, 0.2) is 0 Å². The van der Waals surface area contributed by atoms with E-state index >= 15 is 0 Å². The van der Waals surface area contributed by atoms with E-state index in [4.69, 9.17) is 18.9 Å². The molecule has 1 N–H and O–H groups in total. The van der Waals surface area contributed by atoms with Gasteiger partial charge in [0.2, 0.25) is 11.7 Å². The monoisotopic (exact) mass is 526 g/mol. The number of rotatable bonds is 11. The van der Waals surface area contributed by atoms with E-state index in [0.717, 1.165) is 16.7 Å². The first-order valence-electron chi connectivity index (χ1n) is 13.3. The lowest BCUT2D eigenvalue weighted by molar-refractivity contribution is -0.252. The second-order valence-corrected chi connectivity index (χ2v) is 9.66. The zero-order chi connectivity index (χ0) is 27.1. The molecule has 0 saturated carbocycles. The van der Waals surface area contributed by atoms with Crippen molar-refractivity contribution in [2.24, 2.45) is 0 Å². The van der Waals surface area contributed by atoms with Crippen molar-refractivity contribution in [3.8, 4) is 5.88 Å². The first kappa shape index (κ1) is 27.0. The molecule has 0 aliphatic carbocycles. The lowest BCUT2D eigenvalue weighted by Crippen LogP contribution is -2.45. The summed E-state index contributed by atoms with van der Waals surface area (Å²) < 4.78 is 24.9. The van der Waals surface area contributed by atoms with Crippen molar-refractivity contribution in [1.82, 2.24) is 9.97 Å². The molecule has 1 aliphatic heterocycles. The second-order valence-electron chi connectivity index (χ2n) is 9.66. The Balaban J connectivity index is 1.40. The fraction of sp³-hybridized carbons (Fsp3) is 0.312. The topological polar surface area (TPSA) is 82.9 Å². The third-order valence-corrected chi connectivity index (χ3v) is 6.84. The van der Waals surface area contributed by atoms with E-state index in [2.05, 4.69) is 9.97 Å². The largest absolute Gasteiger partial charge is 0.472 e. The molecule has 0 bridgehead atoms. The predicted octanol–water partition coefficient (Wildman–Crippen LogP) is 5.49. The van der Waals surface area contributed by atoms with Crippen molar-refractivity contribution in [1.29, 1.82) is 0 Å². The summed E-state index contributed by atoms with van der Waals surface area (Å²) in [5.74, 6) is -1.49. The van der Waals surface area contributed by atoms with Crippen molar-refractivity contribution < 1.29 is 24.1 Å². The quantitative estimate of drug-likeness (QED) is 0.277. The minimum atomic E-state index is -1.86. The van der Waals surface area contributed by atoms with Crippen LogP contribution in [0.3, 0.4) is 0 Å². The fourth-order valence-corrected chi connectivity index (χ4v) is 4.83. The van der Waals surface area contributed by atoms with E-state index in [0.29, 0.717) is 31.2 Å². The van der Waals surface area contributed by atoms with E-state index in [9.17, 15) is 5.11 Å².